The number of hydrogen-bond donors (Lipinski definition) is 1. The Bertz CT molecular complexity index is 1140. The Morgan fingerprint density at radius 1 is 1.07 bits per heavy atom. The molecule has 1 N–H and O–H groups in total. The van der Waals surface area contributed by atoms with Gasteiger partial charge in [-0.2, -0.15) is 18.3 Å². The number of carbonyl (C=O) groups excluding carboxylic acids is 1. The third kappa shape index (κ3) is 4.28. The van der Waals surface area contributed by atoms with E-state index in [1.54, 1.807) is 13.0 Å². The number of aromatic nitrogens is 4. The van der Waals surface area contributed by atoms with E-state index in [1.807, 2.05) is 0 Å². The van der Waals surface area contributed by atoms with E-state index in [2.05, 4.69) is 20.6 Å². The summed E-state index contributed by atoms with van der Waals surface area (Å²) in [6.07, 6.45) is -4.68. The SMILES string of the molecule is Cc1ccc(-n2nc(C(=O)Nc3ccc(C(F)(F)F)nn3)c(=O)cc2C)c(F)c1. The number of aryl methyl sites for hydroxylation is 2. The zero-order valence-electron chi connectivity index (χ0n) is 15.1. The second kappa shape index (κ2) is 7.41. The van der Waals surface area contributed by atoms with Crippen molar-refractivity contribution in [1.29, 1.82) is 0 Å². The van der Waals surface area contributed by atoms with Gasteiger partial charge in [0.15, 0.2) is 17.2 Å². The van der Waals surface area contributed by atoms with E-state index in [0.29, 0.717) is 11.6 Å². The number of rotatable bonds is 3. The Morgan fingerprint density at radius 2 is 1.79 bits per heavy atom. The van der Waals surface area contributed by atoms with Gasteiger partial charge in [0.05, 0.1) is 0 Å². The highest BCUT2D eigenvalue weighted by Gasteiger charge is 2.33. The minimum Gasteiger partial charge on any atom is -0.304 e. The molecule has 0 saturated heterocycles. The van der Waals surface area contributed by atoms with Crippen molar-refractivity contribution in [2.75, 3.05) is 5.32 Å². The van der Waals surface area contributed by atoms with Crippen LogP contribution in [0.3, 0.4) is 0 Å². The van der Waals surface area contributed by atoms with Crippen LogP contribution in [0.5, 0.6) is 0 Å². The first-order valence-corrected chi connectivity index (χ1v) is 8.16. The molecule has 150 valence electrons. The van der Waals surface area contributed by atoms with Crippen molar-refractivity contribution in [3.63, 3.8) is 0 Å². The molecular formula is C18H13F4N5O2. The monoisotopic (exact) mass is 407 g/mol. The van der Waals surface area contributed by atoms with E-state index in [0.717, 1.165) is 16.8 Å². The molecule has 0 fully saturated rings. The lowest BCUT2D eigenvalue weighted by Crippen LogP contribution is -2.27. The molecule has 0 spiro atoms. The predicted molar refractivity (Wildman–Crippen MR) is 94.3 cm³/mol. The molecule has 11 heteroatoms. The van der Waals surface area contributed by atoms with Gasteiger partial charge >= 0.3 is 6.18 Å². The summed E-state index contributed by atoms with van der Waals surface area (Å²) in [5, 5.41) is 12.3. The van der Waals surface area contributed by atoms with Crippen LogP contribution in [-0.4, -0.2) is 25.9 Å². The maximum Gasteiger partial charge on any atom is 0.435 e. The van der Waals surface area contributed by atoms with Crippen LogP contribution in [0.1, 0.15) is 27.4 Å². The summed E-state index contributed by atoms with van der Waals surface area (Å²) in [5.41, 5.74) is -1.59. The lowest BCUT2D eigenvalue weighted by atomic mass is 10.2. The molecular weight excluding hydrogens is 394 g/mol. The standard InChI is InChI=1S/C18H13F4N5O2/c1-9-3-4-12(11(19)7-9)27-10(2)8-13(28)16(26-27)17(29)23-15-6-5-14(24-25-15)18(20,21)22/h3-8H,1-2H3,(H,23,25,29). The average Bonchev–Trinajstić information content (AvgIpc) is 2.62. The molecule has 3 aromatic rings. The maximum atomic E-state index is 14.3. The van der Waals surface area contributed by atoms with Gasteiger partial charge in [0.25, 0.3) is 5.91 Å². The fraction of sp³-hybridized carbons (Fsp3) is 0.167. The molecule has 2 aromatic heterocycles. The normalized spacial score (nSPS) is 11.4. The lowest BCUT2D eigenvalue weighted by Gasteiger charge is -2.12. The molecule has 3 rings (SSSR count). The van der Waals surface area contributed by atoms with Gasteiger partial charge in [-0.1, -0.05) is 6.07 Å². The van der Waals surface area contributed by atoms with Crippen molar-refractivity contribution in [1.82, 2.24) is 20.0 Å². The molecule has 0 aliphatic carbocycles. The maximum absolute atomic E-state index is 14.3. The van der Waals surface area contributed by atoms with Gasteiger partial charge in [0.2, 0.25) is 5.43 Å². The summed E-state index contributed by atoms with van der Waals surface area (Å²) >= 11 is 0. The van der Waals surface area contributed by atoms with E-state index in [4.69, 9.17) is 0 Å². The highest BCUT2D eigenvalue weighted by atomic mass is 19.4. The van der Waals surface area contributed by atoms with Crippen molar-refractivity contribution < 1.29 is 22.4 Å². The van der Waals surface area contributed by atoms with Gasteiger partial charge in [-0.25, -0.2) is 9.07 Å². The number of alkyl halides is 3. The molecule has 1 aromatic carbocycles. The first-order valence-electron chi connectivity index (χ1n) is 8.16. The number of hydrogen-bond acceptors (Lipinski definition) is 5. The van der Waals surface area contributed by atoms with E-state index in [-0.39, 0.29) is 17.2 Å². The van der Waals surface area contributed by atoms with Crippen LogP contribution in [-0.2, 0) is 6.18 Å². The minimum absolute atomic E-state index is 0.0245. The average molecular weight is 407 g/mol. The molecule has 0 atom stereocenters. The van der Waals surface area contributed by atoms with E-state index in [9.17, 15) is 27.2 Å². The minimum atomic E-state index is -4.68. The Morgan fingerprint density at radius 3 is 2.38 bits per heavy atom. The third-order valence-corrected chi connectivity index (χ3v) is 3.85. The van der Waals surface area contributed by atoms with Crippen LogP contribution in [0.2, 0.25) is 0 Å². The molecule has 0 bridgehead atoms. The number of halogens is 4. The van der Waals surface area contributed by atoms with Crippen LogP contribution >= 0.6 is 0 Å². The van der Waals surface area contributed by atoms with Gasteiger partial charge in [-0.3, -0.25) is 9.59 Å². The van der Waals surface area contributed by atoms with Crippen molar-refractivity contribution >= 4 is 11.7 Å². The highest BCUT2D eigenvalue weighted by molar-refractivity contribution is 6.02. The summed E-state index contributed by atoms with van der Waals surface area (Å²) in [6.45, 7) is 3.21. The van der Waals surface area contributed by atoms with Crippen LogP contribution < -0.4 is 10.7 Å². The Balaban J connectivity index is 1.94. The van der Waals surface area contributed by atoms with Crippen LogP contribution in [0, 0.1) is 19.7 Å². The molecule has 0 saturated carbocycles. The van der Waals surface area contributed by atoms with E-state index < -0.39 is 34.7 Å². The number of nitrogens with zero attached hydrogens (tertiary/aromatic N) is 4. The van der Waals surface area contributed by atoms with Gasteiger partial charge in [-0.05, 0) is 43.7 Å². The van der Waals surface area contributed by atoms with Crippen molar-refractivity contribution in [2.24, 2.45) is 0 Å². The molecule has 1 amide bonds. The third-order valence-electron chi connectivity index (χ3n) is 3.85. The smallest absolute Gasteiger partial charge is 0.304 e. The zero-order chi connectivity index (χ0) is 21.3. The lowest BCUT2D eigenvalue weighted by molar-refractivity contribution is -0.141. The summed E-state index contributed by atoms with van der Waals surface area (Å²) in [7, 11) is 0. The predicted octanol–water partition coefficient (Wildman–Crippen LogP) is 3.05. The number of carbonyl (C=O) groups is 1. The number of amides is 1. The molecule has 2 heterocycles. The molecule has 29 heavy (non-hydrogen) atoms. The van der Waals surface area contributed by atoms with E-state index in [1.165, 1.54) is 19.1 Å². The fourth-order valence-electron chi connectivity index (χ4n) is 2.46. The second-order valence-electron chi connectivity index (χ2n) is 6.12. The van der Waals surface area contributed by atoms with Crippen LogP contribution in [0.25, 0.3) is 5.69 Å². The second-order valence-corrected chi connectivity index (χ2v) is 6.12. The van der Waals surface area contributed by atoms with Crippen molar-refractivity contribution in [3.05, 3.63) is 75.1 Å². The number of nitrogens with one attached hydrogen (secondary N) is 1. The number of anilines is 1. The largest absolute Gasteiger partial charge is 0.435 e. The zero-order valence-corrected chi connectivity index (χ0v) is 15.1. The quantitative estimate of drug-likeness (QED) is 0.674. The molecule has 0 aliphatic heterocycles. The Labute approximate surface area is 161 Å². The first kappa shape index (κ1) is 20.1. The first-order chi connectivity index (χ1) is 13.6. The van der Waals surface area contributed by atoms with Gasteiger partial charge < -0.3 is 5.32 Å². The Hall–Kier alpha value is -3.63. The summed E-state index contributed by atoms with van der Waals surface area (Å²) in [6, 6.07) is 6.96. The Kier molecular flexibility index (Phi) is 5.14. The topological polar surface area (TPSA) is 89.8 Å². The fourth-order valence-corrected chi connectivity index (χ4v) is 2.46. The van der Waals surface area contributed by atoms with Gasteiger partial charge in [0.1, 0.15) is 11.5 Å². The van der Waals surface area contributed by atoms with E-state index >= 15 is 0 Å². The highest BCUT2D eigenvalue weighted by Crippen LogP contribution is 2.27. The van der Waals surface area contributed by atoms with Crippen LogP contribution in [0.4, 0.5) is 23.4 Å². The van der Waals surface area contributed by atoms with Gasteiger partial charge in [0, 0.05) is 11.8 Å². The van der Waals surface area contributed by atoms with Crippen LogP contribution in [0.15, 0.2) is 41.2 Å². The molecule has 0 unspecified atom stereocenters. The molecule has 7 nitrogen and oxygen atoms in total. The van der Waals surface area contributed by atoms with Crippen molar-refractivity contribution in [3.8, 4) is 5.69 Å². The number of benzene rings is 1. The molecule has 0 aliphatic rings. The summed E-state index contributed by atoms with van der Waals surface area (Å²) < 4.78 is 52.9. The van der Waals surface area contributed by atoms with Crippen molar-refractivity contribution in [2.45, 2.75) is 20.0 Å². The summed E-state index contributed by atoms with van der Waals surface area (Å²) in [5.74, 6) is -1.94. The molecule has 0 radical (unpaired) electrons. The summed E-state index contributed by atoms with van der Waals surface area (Å²) in [4.78, 5) is 24.5. The van der Waals surface area contributed by atoms with Gasteiger partial charge in [-0.15, -0.1) is 10.2 Å².